The Bertz CT molecular complexity index is 1100. The van der Waals surface area contributed by atoms with Gasteiger partial charge in [0.05, 0.1) is 11.1 Å². The van der Waals surface area contributed by atoms with Gasteiger partial charge in [0, 0.05) is 5.56 Å². The van der Waals surface area contributed by atoms with Crippen LogP contribution in [0, 0.1) is 35.1 Å². The normalized spacial score (nSPS) is 10.6. The molecule has 0 aliphatic rings. The van der Waals surface area contributed by atoms with Gasteiger partial charge in [0.15, 0.2) is 23.3 Å². The summed E-state index contributed by atoms with van der Waals surface area (Å²) in [6.45, 7) is 3.94. The van der Waals surface area contributed by atoms with E-state index in [2.05, 4.69) is 18.8 Å². The molecule has 0 bridgehead atoms. The van der Waals surface area contributed by atoms with E-state index in [1.165, 1.54) is 24.3 Å². The lowest BCUT2D eigenvalue weighted by atomic mass is 10.00. The van der Waals surface area contributed by atoms with Crippen LogP contribution in [0.25, 0.3) is 11.1 Å². The minimum atomic E-state index is -1.11. The summed E-state index contributed by atoms with van der Waals surface area (Å²) in [6.07, 6.45) is 3.01. The van der Waals surface area contributed by atoms with Gasteiger partial charge in [-0.25, -0.2) is 17.6 Å². The average molecular weight is 410 g/mol. The van der Waals surface area contributed by atoms with Crippen molar-refractivity contribution >= 4 is 0 Å². The Balaban J connectivity index is 1.91. The van der Waals surface area contributed by atoms with Crippen LogP contribution < -0.4 is 0 Å². The first kappa shape index (κ1) is 21.6. The summed E-state index contributed by atoms with van der Waals surface area (Å²) in [5, 5.41) is 0. The second kappa shape index (κ2) is 9.63. The number of halogens is 4. The minimum Gasteiger partial charge on any atom is -0.203 e. The number of benzene rings is 3. The van der Waals surface area contributed by atoms with Gasteiger partial charge in [-0.3, -0.25) is 0 Å². The summed E-state index contributed by atoms with van der Waals surface area (Å²) < 4.78 is 57.4. The summed E-state index contributed by atoms with van der Waals surface area (Å²) in [7, 11) is 0. The van der Waals surface area contributed by atoms with E-state index >= 15 is 0 Å². The van der Waals surface area contributed by atoms with Gasteiger partial charge >= 0.3 is 0 Å². The van der Waals surface area contributed by atoms with Crippen molar-refractivity contribution in [2.45, 2.75) is 39.5 Å². The molecular formula is C26H22F4. The van der Waals surface area contributed by atoms with Gasteiger partial charge < -0.3 is 0 Å². The SMILES string of the molecule is CCCc1ccc(-c2ccc(C#Cc3ccc(CCC)c(F)c3F)c(F)c2F)cc1. The van der Waals surface area contributed by atoms with Gasteiger partial charge in [0.25, 0.3) is 0 Å². The van der Waals surface area contributed by atoms with E-state index in [0.717, 1.165) is 18.4 Å². The molecular weight excluding hydrogens is 388 g/mol. The Hall–Kier alpha value is -3.06. The molecule has 0 spiro atoms. The molecule has 0 heterocycles. The molecule has 0 radical (unpaired) electrons. The fourth-order valence-corrected chi connectivity index (χ4v) is 3.29. The molecule has 0 N–H and O–H groups in total. The Morgan fingerprint density at radius 3 is 1.77 bits per heavy atom. The average Bonchev–Trinajstić information content (AvgIpc) is 2.75. The lowest BCUT2D eigenvalue weighted by molar-refractivity contribution is 0.496. The van der Waals surface area contributed by atoms with Crippen LogP contribution in [-0.2, 0) is 12.8 Å². The zero-order valence-corrected chi connectivity index (χ0v) is 17.0. The molecule has 0 nitrogen and oxygen atoms in total. The topological polar surface area (TPSA) is 0 Å². The van der Waals surface area contributed by atoms with Gasteiger partial charge in [-0.1, -0.05) is 68.9 Å². The fraction of sp³-hybridized carbons (Fsp3) is 0.231. The Kier molecular flexibility index (Phi) is 6.95. The third-order valence-corrected chi connectivity index (χ3v) is 4.90. The molecule has 4 heteroatoms. The zero-order valence-electron chi connectivity index (χ0n) is 17.0. The molecule has 0 atom stereocenters. The summed E-state index contributed by atoms with van der Waals surface area (Å²) in [6, 6.07) is 12.9. The van der Waals surface area contributed by atoms with Crippen LogP contribution in [0.15, 0.2) is 48.5 Å². The first-order chi connectivity index (χ1) is 14.5. The zero-order chi connectivity index (χ0) is 21.7. The molecule has 0 aliphatic heterocycles. The second-order valence-corrected chi connectivity index (χ2v) is 7.14. The quantitative estimate of drug-likeness (QED) is 0.308. The highest BCUT2D eigenvalue weighted by Crippen LogP contribution is 2.27. The standard InChI is InChI=1S/C26H22F4/c1-3-5-17-7-9-18(10-8-17)22-16-15-21(25(29)26(22)30)14-13-20-12-11-19(6-4-2)23(27)24(20)28/h7-12,15-16H,3-6H2,1-2H3. The van der Waals surface area contributed by atoms with Crippen molar-refractivity contribution < 1.29 is 17.6 Å². The molecule has 30 heavy (non-hydrogen) atoms. The van der Waals surface area contributed by atoms with Gasteiger partial charge in [0.2, 0.25) is 0 Å². The smallest absolute Gasteiger partial charge is 0.175 e. The van der Waals surface area contributed by atoms with Gasteiger partial charge in [-0.15, -0.1) is 0 Å². The number of rotatable bonds is 5. The summed E-state index contributed by atoms with van der Waals surface area (Å²) in [4.78, 5) is 0. The molecule has 0 aliphatic carbocycles. The van der Waals surface area contributed by atoms with E-state index in [1.807, 2.05) is 19.1 Å². The molecule has 154 valence electrons. The highest BCUT2D eigenvalue weighted by atomic mass is 19.2. The molecule has 0 unspecified atom stereocenters. The molecule has 3 aromatic carbocycles. The van der Waals surface area contributed by atoms with Gasteiger partial charge in [0.1, 0.15) is 0 Å². The van der Waals surface area contributed by atoms with Crippen LogP contribution in [0.1, 0.15) is 48.9 Å². The second-order valence-electron chi connectivity index (χ2n) is 7.14. The Labute approximate surface area is 174 Å². The summed E-state index contributed by atoms with van der Waals surface area (Å²) in [5.41, 5.74) is 1.68. The van der Waals surface area contributed by atoms with E-state index in [9.17, 15) is 17.6 Å². The van der Waals surface area contributed by atoms with E-state index in [-0.39, 0.29) is 22.3 Å². The van der Waals surface area contributed by atoms with Crippen LogP contribution in [0.5, 0.6) is 0 Å². The maximum atomic E-state index is 14.6. The number of hydrogen-bond acceptors (Lipinski definition) is 0. The van der Waals surface area contributed by atoms with E-state index in [0.29, 0.717) is 18.4 Å². The maximum Gasteiger partial charge on any atom is 0.175 e. The van der Waals surface area contributed by atoms with E-state index in [4.69, 9.17) is 0 Å². The lowest BCUT2D eigenvalue weighted by Crippen LogP contribution is -1.98. The molecule has 0 fully saturated rings. The van der Waals surface area contributed by atoms with Crippen molar-refractivity contribution in [1.29, 1.82) is 0 Å². The molecule has 0 saturated heterocycles. The molecule has 0 amide bonds. The largest absolute Gasteiger partial charge is 0.203 e. The predicted octanol–water partition coefficient (Wildman–Crippen LogP) is 7.21. The van der Waals surface area contributed by atoms with E-state index < -0.39 is 23.3 Å². The van der Waals surface area contributed by atoms with Gasteiger partial charge in [-0.05, 0) is 47.7 Å². The van der Waals surface area contributed by atoms with Crippen molar-refractivity contribution in [3.8, 4) is 23.0 Å². The summed E-state index contributed by atoms with van der Waals surface area (Å²) >= 11 is 0. The first-order valence-corrected chi connectivity index (χ1v) is 10.0. The van der Waals surface area contributed by atoms with Crippen LogP contribution in [0.3, 0.4) is 0 Å². The minimum absolute atomic E-state index is 0.127. The van der Waals surface area contributed by atoms with Crippen LogP contribution in [0.4, 0.5) is 17.6 Å². The van der Waals surface area contributed by atoms with Crippen molar-refractivity contribution in [3.63, 3.8) is 0 Å². The third kappa shape index (κ3) is 4.57. The van der Waals surface area contributed by atoms with Crippen molar-refractivity contribution in [2.75, 3.05) is 0 Å². The third-order valence-electron chi connectivity index (χ3n) is 4.90. The monoisotopic (exact) mass is 410 g/mol. The van der Waals surface area contributed by atoms with Crippen LogP contribution >= 0.6 is 0 Å². The van der Waals surface area contributed by atoms with Crippen molar-refractivity contribution in [3.05, 3.63) is 94.1 Å². The Morgan fingerprint density at radius 1 is 0.600 bits per heavy atom. The summed E-state index contributed by atoms with van der Waals surface area (Å²) in [5.74, 6) is 0.692. The predicted molar refractivity (Wildman–Crippen MR) is 112 cm³/mol. The number of aryl methyl sites for hydroxylation is 2. The van der Waals surface area contributed by atoms with Crippen molar-refractivity contribution in [2.24, 2.45) is 0 Å². The molecule has 3 aromatic rings. The fourth-order valence-electron chi connectivity index (χ4n) is 3.29. The number of hydrogen-bond donors (Lipinski definition) is 0. The molecule has 3 rings (SSSR count). The van der Waals surface area contributed by atoms with Crippen molar-refractivity contribution in [1.82, 2.24) is 0 Å². The van der Waals surface area contributed by atoms with Gasteiger partial charge in [-0.2, -0.15) is 0 Å². The highest BCUT2D eigenvalue weighted by molar-refractivity contribution is 5.66. The molecule has 0 aromatic heterocycles. The Morgan fingerprint density at radius 2 is 1.17 bits per heavy atom. The maximum absolute atomic E-state index is 14.6. The first-order valence-electron chi connectivity index (χ1n) is 10.0. The van der Waals surface area contributed by atoms with E-state index in [1.54, 1.807) is 12.1 Å². The highest BCUT2D eigenvalue weighted by Gasteiger charge is 2.15. The molecule has 0 saturated carbocycles. The lowest BCUT2D eigenvalue weighted by Gasteiger charge is -2.07. The van der Waals surface area contributed by atoms with Crippen LogP contribution in [-0.4, -0.2) is 0 Å². The van der Waals surface area contributed by atoms with Crippen LogP contribution in [0.2, 0.25) is 0 Å².